The number of nitrogens with one attached hydrogen (secondary N) is 1. The summed E-state index contributed by atoms with van der Waals surface area (Å²) >= 11 is 9.27. The second-order valence-corrected chi connectivity index (χ2v) is 3.89. The van der Waals surface area contributed by atoms with E-state index < -0.39 is 0 Å². The summed E-state index contributed by atoms with van der Waals surface area (Å²) in [4.78, 5) is 0. The van der Waals surface area contributed by atoms with Crippen LogP contribution in [0.5, 0.6) is 0 Å². The first-order valence-electron chi connectivity index (χ1n) is 4.48. The van der Waals surface area contributed by atoms with E-state index in [1.54, 1.807) is 0 Å². The molecule has 0 unspecified atom stereocenters. The van der Waals surface area contributed by atoms with Gasteiger partial charge in [-0.15, -0.1) is 0 Å². The van der Waals surface area contributed by atoms with E-state index in [4.69, 9.17) is 11.6 Å². The number of H-pyrrole nitrogens is 1. The topological polar surface area (TPSA) is 28.7 Å². The van der Waals surface area contributed by atoms with Crippen LogP contribution in [0.15, 0.2) is 16.6 Å². The molecule has 0 aliphatic rings. The Morgan fingerprint density at radius 1 is 1.36 bits per heavy atom. The average molecular weight is 276 g/mol. The van der Waals surface area contributed by atoms with Crippen LogP contribution in [-0.2, 0) is 0 Å². The zero-order valence-electron chi connectivity index (χ0n) is 8.36. The maximum Gasteiger partial charge on any atom is 0.0935 e. The lowest BCUT2D eigenvalue weighted by Crippen LogP contribution is -1.72. The second-order valence-electron chi connectivity index (χ2n) is 2.63. The van der Waals surface area contributed by atoms with Crippen molar-refractivity contribution in [1.29, 1.82) is 0 Å². The molecular weight excluding hydrogens is 263 g/mol. The van der Waals surface area contributed by atoms with Crippen LogP contribution >= 0.6 is 27.5 Å². The first-order chi connectivity index (χ1) is 6.68. The third-order valence-electron chi connectivity index (χ3n) is 1.79. The number of halogens is 2. The fourth-order valence-electron chi connectivity index (χ4n) is 1.13. The Morgan fingerprint density at radius 2 is 2.00 bits per heavy atom. The first kappa shape index (κ1) is 11.5. The van der Waals surface area contributed by atoms with Crippen LogP contribution in [0.25, 0.3) is 10.9 Å². The number of rotatable bonds is 0. The molecule has 1 heterocycles. The van der Waals surface area contributed by atoms with Crippen molar-refractivity contribution < 1.29 is 0 Å². The van der Waals surface area contributed by atoms with Crippen LogP contribution in [0.2, 0.25) is 5.02 Å². The predicted octanol–water partition coefficient (Wildman–Crippen LogP) is 4.31. The van der Waals surface area contributed by atoms with Crippen LogP contribution in [0.4, 0.5) is 0 Å². The molecule has 1 N–H and O–H groups in total. The lowest BCUT2D eigenvalue weighted by atomic mass is 10.2. The van der Waals surface area contributed by atoms with Crippen LogP contribution in [0.3, 0.4) is 0 Å². The summed E-state index contributed by atoms with van der Waals surface area (Å²) < 4.78 is 0.878. The Labute approximate surface area is 96.8 Å². The maximum atomic E-state index is 5.93. The van der Waals surface area contributed by atoms with E-state index in [-0.39, 0.29) is 0 Å². The molecule has 2 nitrogen and oxygen atoms in total. The largest absolute Gasteiger partial charge is 0.282 e. The number of aryl methyl sites for hydroxylation is 1. The SMILES string of the molecule is CC.Cc1[nH]nc2cc(Br)c(Cl)cc12. The zero-order valence-corrected chi connectivity index (χ0v) is 10.7. The van der Waals surface area contributed by atoms with Gasteiger partial charge in [-0.3, -0.25) is 5.10 Å². The van der Waals surface area contributed by atoms with E-state index in [9.17, 15) is 0 Å². The maximum absolute atomic E-state index is 5.93. The second kappa shape index (κ2) is 4.80. The van der Waals surface area contributed by atoms with Gasteiger partial charge in [-0.2, -0.15) is 5.10 Å². The van der Waals surface area contributed by atoms with Gasteiger partial charge >= 0.3 is 0 Å². The highest BCUT2D eigenvalue weighted by molar-refractivity contribution is 9.10. The number of benzene rings is 1. The van der Waals surface area contributed by atoms with E-state index in [1.165, 1.54) is 0 Å². The standard InChI is InChI=1S/C8H6BrClN2.C2H6/c1-4-5-2-7(10)6(9)3-8(5)12-11-4;1-2/h2-3H,1H3,(H,11,12);1-2H3. The summed E-state index contributed by atoms with van der Waals surface area (Å²) in [6.45, 7) is 5.97. The molecule has 1 aromatic heterocycles. The van der Waals surface area contributed by atoms with Crippen LogP contribution in [-0.4, -0.2) is 10.2 Å². The molecule has 1 aromatic carbocycles. The van der Waals surface area contributed by atoms with Gasteiger partial charge in [0, 0.05) is 15.6 Å². The highest BCUT2D eigenvalue weighted by Gasteiger charge is 2.04. The first-order valence-corrected chi connectivity index (χ1v) is 5.65. The van der Waals surface area contributed by atoms with Gasteiger partial charge in [-0.1, -0.05) is 25.4 Å². The molecule has 2 rings (SSSR count). The van der Waals surface area contributed by atoms with E-state index in [2.05, 4.69) is 26.1 Å². The Morgan fingerprint density at radius 3 is 2.64 bits per heavy atom. The number of fused-ring (bicyclic) bond motifs is 1. The van der Waals surface area contributed by atoms with Gasteiger partial charge in [0.25, 0.3) is 0 Å². The minimum absolute atomic E-state index is 0.715. The number of aromatic amines is 1. The molecule has 0 saturated carbocycles. The summed E-state index contributed by atoms with van der Waals surface area (Å²) in [7, 11) is 0. The van der Waals surface area contributed by atoms with E-state index in [1.807, 2.05) is 32.9 Å². The van der Waals surface area contributed by atoms with Crippen molar-refractivity contribution in [2.75, 3.05) is 0 Å². The van der Waals surface area contributed by atoms with Gasteiger partial charge < -0.3 is 0 Å². The number of nitrogens with zero attached hydrogens (tertiary/aromatic N) is 1. The van der Waals surface area contributed by atoms with Gasteiger partial charge in [-0.05, 0) is 35.0 Å². The highest BCUT2D eigenvalue weighted by atomic mass is 79.9. The molecule has 0 atom stereocenters. The van der Waals surface area contributed by atoms with Crippen molar-refractivity contribution in [2.24, 2.45) is 0 Å². The van der Waals surface area contributed by atoms with Gasteiger partial charge in [0.2, 0.25) is 0 Å². The van der Waals surface area contributed by atoms with Crippen molar-refractivity contribution in [3.8, 4) is 0 Å². The van der Waals surface area contributed by atoms with Crippen LogP contribution < -0.4 is 0 Å². The van der Waals surface area contributed by atoms with E-state index in [0.29, 0.717) is 5.02 Å². The summed E-state index contributed by atoms with van der Waals surface area (Å²) in [5.41, 5.74) is 1.98. The molecule has 14 heavy (non-hydrogen) atoms. The Hall–Kier alpha value is -0.540. The molecule has 4 heteroatoms. The van der Waals surface area contributed by atoms with Gasteiger partial charge in [0.15, 0.2) is 0 Å². The van der Waals surface area contributed by atoms with E-state index in [0.717, 1.165) is 21.1 Å². The molecule has 0 amide bonds. The monoisotopic (exact) mass is 274 g/mol. The van der Waals surface area contributed by atoms with Crippen molar-refractivity contribution in [3.63, 3.8) is 0 Å². The molecule has 0 aliphatic carbocycles. The lowest BCUT2D eigenvalue weighted by Gasteiger charge is -1.94. The summed E-state index contributed by atoms with van der Waals surface area (Å²) in [6, 6.07) is 3.81. The quantitative estimate of drug-likeness (QED) is 0.762. The van der Waals surface area contributed by atoms with Gasteiger partial charge in [0.05, 0.1) is 10.5 Å². The minimum atomic E-state index is 0.715. The van der Waals surface area contributed by atoms with Crippen LogP contribution in [0, 0.1) is 6.92 Å². The Kier molecular flexibility index (Phi) is 3.96. The highest BCUT2D eigenvalue weighted by Crippen LogP contribution is 2.28. The third kappa shape index (κ3) is 2.10. The minimum Gasteiger partial charge on any atom is -0.282 e. The predicted molar refractivity (Wildman–Crippen MR) is 64.9 cm³/mol. The fourth-order valence-corrected chi connectivity index (χ4v) is 1.63. The molecule has 0 saturated heterocycles. The van der Waals surface area contributed by atoms with E-state index >= 15 is 0 Å². The fraction of sp³-hybridized carbons (Fsp3) is 0.300. The summed E-state index contributed by atoms with van der Waals surface area (Å²) in [6.07, 6.45) is 0. The molecule has 2 aromatic rings. The Balaban J connectivity index is 0.000000461. The van der Waals surface area contributed by atoms with Gasteiger partial charge in [0.1, 0.15) is 0 Å². The number of hydrogen-bond acceptors (Lipinski definition) is 1. The third-order valence-corrected chi connectivity index (χ3v) is 2.98. The molecular formula is C10H12BrClN2. The summed E-state index contributed by atoms with van der Waals surface area (Å²) in [5, 5.41) is 8.80. The van der Waals surface area contributed by atoms with Crippen molar-refractivity contribution in [3.05, 3.63) is 27.3 Å². The van der Waals surface area contributed by atoms with Crippen LogP contribution in [0.1, 0.15) is 19.5 Å². The molecule has 0 aliphatic heterocycles. The average Bonchev–Trinajstić information content (AvgIpc) is 2.53. The Bertz CT molecular complexity index is 437. The molecule has 0 bridgehead atoms. The van der Waals surface area contributed by atoms with Crippen molar-refractivity contribution in [1.82, 2.24) is 10.2 Å². The lowest BCUT2D eigenvalue weighted by molar-refractivity contribution is 1.07. The smallest absolute Gasteiger partial charge is 0.0935 e. The number of aromatic nitrogens is 2. The molecule has 76 valence electrons. The zero-order chi connectivity index (χ0) is 10.7. The van der Waals surface area contributed by atoms with Crippen molar-refractivity contribution >= 4 is 38.4 Å². The molecule has 0 spiro atoms. The number of hydrogen-bond donors (Lipinski definition) is 1. The summed E-state index contributed by atoms with van der Waals surface area (Å²) in [5.74, 6) is 0. The van der Waals surface area contributed by atoms with Gasteiger partial charge in [-0.25, -0.2) is 0 Å². The normalized spacial score (nSPS) is 9.79. The van der Waals surface area contributed by atoms with Crippen molar-refractivity contribution in [2.45, 2.75) is 20.8 Å². The molecule has 0 fully saturated rings. The molecule has 0 radical (unpaired) electrons.